The van der Waals surface area contributed by atoms with Crippen LogP contribution in [-0.2, 0) is 6.54 Å². The summed E-state index contributed by atoms with van der Waals surface area (Å²) in [7, 11) is 1.63. The summed E-state index contributed by atoms with van der Waals surface area (Å²) in [5, 5.41) is 4.01. The highest BCUT2D eigenvalue weighted by Crippen LogP contribution is 2.38. The number of hydrogen-bond donors (Lipinski definition) is 1. The van der Waals surface area contributed by atoms with Gasteiger partial charge in [-0.2, -0.15) is 9.89 Å². The summed E-state index contributed by atoms with van der Waals surface area (Å²) in [6, 6.07) is 4.95. The number of aromatic nitrogens is 5. The molecule has 3 aromatic heterocycles. The number of methoxy groups -OCH3 is 1. The van der Waals surface area contributed by atoms with Gasteiger partial charge in [0.2, 0.25) is 5.88 Å². The molecule has 3 aromatic rings. The van der Waals surface area contributed by atoms with Gasteiger partial charge in [0.15, 0.2) is 5.82 Å². The highest BCUT2D eigenvalue weighted by molar-refractivity contribution is 5.61. The maximum absolute atomic E-state index is 5.85. The van der Waals surface area contributed by atoms with Crippen LogP contribution in [0, 0.1) is 0 Å². The molecule has 6 rings (SSSR count). The number of anilines is 1. The summed E-state index contributed by atoms with van der Waals surface area (Å²) in [5.41, 5.74) is 2.70. The lowest BCUT2D eigenvalue weighted by molar-refractivity contribution is -0.00896. The average molecular weight is 422 g/mol. The van der Waals surface area contributed by atoms with Crippen LogP contribution in [0.5, 0.6) is 11.8 Å². The number of ether oxygens (including phenoxy) is 2. The van der Waals surface area contributed by atoms with Gasteiger partial charge in [0.05, 0.1) is 38.0 Å². The molecule has 31 heavy (non-hydrogen) atoms. The Morgan fingerprint density at radius 2 is 1.97 bits per heavy atom. The van der Waals surface area contributed by atoms with Crippen molar-refractivity contribution in [2.24, 2.45) is 0 Å². The number of hydrogen-bond acceptors (Lipinski definition) is 9. The summed E-state index contributed by atoms with van der Waals surface area (Å²) in [6.45, 7) is 5.17. The molecule has 6 heterocycles. The van der Waals surface area contributed by atoms with Crippen LogP contribution in [0.1, 0.15) is 18.9 Å². The van der Waals surface area contributed by atoms with Gasteiger partial charge in [-0.05, 0) is 18.9 Å². The van der Waals surface area contributed by atoms with Crippen LogP contribution in [0.25, 0.3) is 11.3 Å². The van der Waals surface area contributed by atoms with E-state index in [1.54, 1.807) is 25.7 Å². The second kappa shape index (κ2) is 8.03. The van der Waals surface area contributed by atoms with Crippen LogP contribution in [0.15, 0.2) is 36.9 Å². The number of piperazine rings is 1. The Hall–Kier alpha value is -3.40. The Morgan fingerprint density at radius 3 is 2.61 bits per heavy atom. The van der Waals surface area contributed by atoms with E-state index < -0.39 is 0 Å². The lowest BCUT2D eigenvalue weighted by atomic mass is 9.87. The van der Waals surface area contributed by atoms with Crippen LogP contribution in [-0.4, -0.2) is 68.6 Å². The molecule has 3 saturated heterocycles. The minimum Gasteiger partial charge on any atom is -0.481 e. The predicted octanol–water partition coefficient (Wildman–Crippen LogP) is 1.32. The number of nitrogens with zero attached hydrogens (tertiary/aromatic N) is 7. The van der Waals surface area contributed by atoms with Crippen LogP contribution in [0.4, 0.5) is 5.82 Å². The van der Waals surface area contributed by atoms with E-state index in [-0.39, 0.29) is 0 Å². The first-order valence-electron chi connectivity index (χ1n) is 10.4. The van der Waals surface area contributed by atoms with Gasteiger partial charge in [0, 0.05) is 49.5 Å². The smallest absolute Gasteiger partial charge is 0.258 e. The lowest BCUT2D eigenvalue weighted by Gasteiger charge is -2.56. The van der Waals surface area contributed by atoms with E-state index in [1.807, 2.05) is 19.2 Å². The van der Waals surface area contributed by atoms with Gasteiger partial charge in [-0.15, -0.1) is 0 Å². The van der Waals surface area contributed by atoms with Gasteiger partial charge >= 0.3 is 0 Å². The molecule has 2 atom stereocenters. The first-order valence-corrected chi connectivity index (χ1v) is 10.4. The van der Waals surface area contributed by atoms with Crippen LogP contribution in [0.3, 0.4) is 0 Å². The second-order valence-electron chi connectivity index (χ2n) is 7.86. The van der Waals surface area contributed by atoms with Gasteiger partial charge in [-0.25, -0.2) is 15.0 Å². The second-order valence-corrected chi connectivity index (χ2v) is 7.86. The summed E-state index contributed by atoms with van der Waals surface area (Å²) < 4.78 is 11.0. The molecule has 0 amide bonds. The fourth-order valence-electron chi connectivity index (χ4n) is 4.38. The normalized spacial score (nSPS) is 20.4. The van der Waals surface area contributed by atoms with Crippen molar-refractivity contribution in [1.82, 2.24) is 29.7 Å². The molecule has 0 spiro atoms. The number of pyridine rings is 1. The standard InChI is InChI=1S/C21H26N8O2/c1-3-31-21-20(24-9-18(26-21)15-8-25-29(22)11-15)27-12-16-6-17(13-27)28(16)10-14-4-5-19(30-2)23-7-14/h4-5,7-9,11,16-17H,3,6,10,12-13,22H2,1-2H3. The van der Waals surface area contributed by atoms with Gasteiger partial charge in [-0.1, -0.05) is 6.07 Å². The molecule has 162 valence electrons. The molecule has 3 fully saturated rings. The highest BCUT2D eigenvalue weighted by Gasteiger charge is 2.45. The Balaban J connectivity index is 1.30. The molecule has 0 aliphatic carbocycles. The number of piperidine rings is 1. The maximum Gasteiger partial charge on any atom is 0.258 e. The summed E-state index contributed by atoms with van der Waals surface area (Å²) in [6.07, 6.45) is 8.23. The van der Waals surface area contributed by atoms with E-state index in [0.29, 0.717) is 36.1 Å². The molecule has 2 unspecified atom stereocenters. The minimum atomic E-state index is 0.479. The zero-order chi connectivity index (χ0) is 21.4. The quantitative estimate of drug-likeness (QED) is 0.564. The van der Waals surface area contributed by atoms with Crippen molar-refractivity contribution in [3.63, 3.8) is 0 Å². The molecule has 2 N–H and O–H groups in total. The van der Waals surface area contributed by atoms with E-state index in [2.05, 4.69) is 25.9 Å². The van der Waals surface area contributed by atoms with Crippen molar-refractivity contribution in [3.8, 4) is 23.0 Å². The highest BCUT2D eigenvalue weighted by atomic mass is 16.5. The SMILES string of the molecule is CCOc1nc(-c2cnn(N)c2)cnc1N1CC2CC(C1)N2Cc1ccc(OC)nc1. The molecule has 3 aliphatic heterocycles. The minimum absolute atomic E-state index is 0.479. The predicted molar refractivity (Wildman–Crippen MR) is 115 cm³/mol. The third-order valence-corrected chi connectivity index (χ3v) is 5.92. The molecule has 3 aliphatic rings. The van der Waals surface area contributed by atoms with Crippen molar-refractivity contribution in [2.75, 3.05) is 37.5 Å². The largest absolute Gasteiger partial charge is 0.481 e. The Morgan fingerprint density at radius 1 is 1.13 bits per heavy atom. The first-order chi connectivity index (χ1) is 15.1. The fourth-order valence-corrected chi connectivity index (χ4v) is 4.38. The van der Waals surface area contributed by atoms with E-state index in [4.69, 9.17) is 25.3 Å². The van der Waals surface area contributed by atoms with Gasteiger partial charge < -0.3 is 20.2 Å². The third-order valence-electron chi connectivity index (χ3n) is 5.92. The van der Waals surface area contributed by atoms with Crippen LogP contribution >= 0.6 is 0 Å². The molecule has 10 nitrogen and oxygen atoms in total. The topological polar surface area (TPSA) is 107 Å². The van der Waals surface area contributed by atoms with Crippen molar-refractivity contribution in [1.29, 1.82) is 0 Å². The van der Waals surface area contributed by atoms with Crippen molar-refractivity contribution >= 4 is 5.82 Å². The molecule has 0 radical (unpaired) electrons. The van der Waals surface area contributed by atoms with Crippen molar-refractivity contribution in [3.05, 3.63) is 42.5 Å². The Bertz CT molecular complexity index is 1040. The molecular formula is C21H26N8O2. The van der Waals surface area contributed by atoms with Crippen LogP contribution < -0.4 is 20.2 Å². The summed E-state index contributed by atoms with van der Waals surface area (Å²) >= 11 is 0. The van der Waals surface area contributed by atoms with Crippen molar-refractivity contribution < 1.29 is 9.47 Å². The van der Waals surface area contributed by atoms with Gasteiger partial charge in [0.25, 0.3) is 5.88 Å². The summed E-state index contributed by atoms with van der Waals surface area (Å²) in [4.78, 5) is 19.8. The third kappa shape index (κ3) is 3.74. The molecule has 0 aromatic carbocycles. The number of nitrogen functional groups attached to an aromatic ring is 1. The van der Waals surface area contributed by atoms with Gasteiger partial charge in [0.1, 0.15) is 0 Å². The fraction of sp³-hybridized carbons (Fsp3) is 0.429. The number of nitrogens with two attached hydrogens (primary N) is 1. The van der Waals surface area contributed by atoms with E-state index >= 15 is 0 Å². The monoisotopic (exact) mass is 422 g/mol. The van der Waals surface area contributed by atoms with E-state index in [0.717, 1.165) is 31.0 Å². The van der Waals surface area contributed by atoms with Crippen molar-refractivity contribution in [2.45, 2.75) is 32.0 Å². The molecule has 0 saturated carbocycles. The maximum atomic E-state index is 5.85. The molecule has 2 bridgehead atoms. The first kappa shape index (κ1) is 19.6. The summed E-state index contributed by atoms with van der Waals surface area (Å²) in [5.74, 6) is 7.66. The zero-order valence-electron chi connectivity index (χ0n) is 17.7. The number of rotatable bonds is 7. The molecule has 10 heteroatoms. The van der Waals surface area contributed by atoms with Gasteiger partial charge in [-0.3, -0.25) is 4.90 Å². The number of fused-ring (bicyclic) bond motifs is 2. The zero-order valence-corrected chi connectivity index (χ0v) is 17.7. The Kier molecular flexibility index (Phi) is 5.06. The van der Waals surface area contributed by atoms with Crippen LogP contribution in [0.2, 0.25) is 0 Å². The Labute approximate surface area is 180 Å². The van der Waals surface area contributed by atoms with E-state index in [9.17, 15) is 0 Å². The lowest BCUT2D eigenvalue weighted by Crippen LogP contribution is -2.68. The van der Waals surface area contributed by atoms with E-state index in [1.165, 1.54) is 16.8 Å². The molecular weight excluding hydrogens is 396 g/mol. The average Bonchev–Trinajstić information content (AvgIpc) is 3.24.